The first-order valence-corrected chi connectivity index (χ1v) is 7.00. The highest BCUT2D eigenvalue weighted by Crippen LogP contribution is 2.11. The predicted octanol–water partition coefficient (Wildman–Crippen LogP) is 2.36. The molecule has 5 nitrogen and oxygen atoms in total. The quantitative estimate of drug-likeness (QED) is 0.624. The van der Waals surface area contributed by atoms with Crippen molar-refractivity contribution in [1.82, 2.24) is 4.90 Å². The van der Waals surface area contributed by atoms with Crippen LogP contribution in [0.25, 0.3) is 0 Å². The Hall–Kier alpha value is -0.910. The van der Waals surface area contributed by atoms with Crippen molar-refractivity contribution >= 4 is 23.8 Å². The molecule has 100 valence electrons. The van der Waals surface area contributed by atoms with E-state index in [-0.39, 0.29) is 0 Å². The Bertz CT molecular complexity index is 248. The minimum atomic E-state index is -1.15. The van der Waals surface area contributed by atoms with Crippen LogP contribution in [0.3, 0.4) is 0 Å². The third kappa shape index (κ3) is 6.41. The number of carboxylic acids is 1. The minimum Gasteiger partial charge on any atom is -0.480 e. The van der Waals surface area contributed by atoms with E-state index in [1.807, 2.05) is 13.8 Å². The summed E-state index contributed by atoms with van der Waals surface area (Å²) in [5.74, 6) is 0.0288. The summed E-state index contributed by atoms with van der Waals surface area (Å²) in [6.07, 6.45) is 1.46. The molecule has 0 aliphatic rings. The van der Waals surface area contributed by atoms with E-state index in [0.29, 0.717) is 18.7 Å². The summed E-state index contributed by atoms with van der Waals surface area (Å²) in [5.41, 5.74) is 0. The lowest BCUT2D eigenvalue weighted by Gasteiger charge is -2.25. The van der Waals surface area contributed by atoms with Gasteiger partial charge >= 0.3 is 12.1 Å². The van der Waals surface area contributed by atoms with Crippen LogP contribution in [0, 0.1) is 0 Å². The summed E-state index contributed by atoms with van der Waals surface area (Å²) in [6, 6.07) is -0.936. The van der Waals surface area contributed by atoms with Gasteiger partial charge in [0.1, 0.15) is 6.04 Å². The van der Waals surface area contributed by atoms with Crippen molar-refractivity contribution in [3.63, 3.8) is 0 Å². The van der Waals surface area contributed by atoms with Crippen LogP contribution in [0.1, 0.15) is 33.1 Å². The van der Waals surface area contributed by atoms with Crippen LogP contribution in [0.15, 0.2) is 0 Å². The van der Waals surface area contributed by atoms with Crippen molar-refractivity contribution in [2.75, 3.05) is 18.1 Å². The average molecular weight is 263 g/mol. The first kappa shape index (κ1) is 16.1. The van der Waals surface area contributed by atoms with Crippen LogP contribution in [0.4, 0.5) is 4.79 Å². The number of thioether (sulfide) groups is 1. The molecule has 0 radical (unpaired) electrons. The second kappa shape index (κ2) is 9.15. The van der Waals surface area contributed by atoms with Gasteiger partial charge in [-0.1, -0.05) is 26.7 Å². The van der Waals surface area contributed by atoms with Crippen LogP contribution in [-0.2, 0) is 4.79 Å². The van der Waals surface area contributed by atoms with Gasteiger partial charge in [0.05, 0.1) is 0 Å². The maximum Gasteiger partial charge on any atom is 0.408 e. The number of rotatable bonds is 9. The van der Waals surface area contributed by atoms with Gasteiger partial charge in [-0.3, -0.25) is 4.90 Å². The van der Waals surface area contributed by atoms with Crippen LogP contribution in [0.2, 0.25) is 0 Å². The molecule has 0 saturated heterocycles. The Morgan fingerprint density at radius 3 is 2.29 bits per heavy atom. The summed E-state index contributed by atoms with van der Waals surface area (Å²) in [6.45, 7) is 4.24. The fourth-order valence-electron chi connectivity index (χ4n) is 1.44. The minimum absolute atomic E-state index is 0.296. The van der Waals surface area contributed by atoms with Crippen molar-refractivity contribution in [2.24, 2.45) is 0 Å². The highest BCUT2D eigenvalue weighted by atomic mass is 32.2. The summed E-state index contributed by atoms with van der Waals surface area (Å²) >= 11 is 1.44. The molecule has 0 aliphatic heterocycles. The molecule has 1 amide bonds. The van der Waals surface area contributed by atoms with Gasteiger partial charge in [-0.25, -0.2) is 9.59 Å². The highest BCUT2D eigenvalue weighted by molar-refractivity contribution is 7.99. The molecule has 17 heavy (non-hydrogen) atoms. The van der Waals surface area contributed by atoms with Gasteiger partial charge in [-0.2, -0.15) is 11.8 Å². The monoisotopic (exact) mass is 263 g/mol. The maximum atomic E-state index is 11.1. The van der Waals surface area contributed by atoms with E-state index in [0.717, 1.165) is 23.5 Å². The number of nitrogens with zero attached hydrogens (tertiary/aromatic N) is 1. The Balaban J connectivity index is 4.48. The van der Waals surface area contributed by atoms with E-state index in [2.05, 4.69) is 0 Å². The molecule has 0 aromatic heterocycles. The lowest BCUT2D eigenvalue weighted by atomic mass is 10.2. The number of aliphatic carboxylic acids is 1. The zero-order valence-electron chi connectivity index (χ0n) is 10.4. The van der Waals surface area contributed by atoms with E-state index in [9.17, 15) is 9.59 Å². The van der Waals surface area contributed by atoms with Gasteiger partial charge in [0, 0.05) is 12.3 Å². The average Bonchev–Trinajstić information content (AvgIpc) is 2.26. The van der Waals surface area contributed by atoms with E-state index in [4.69, 9.17) is 10.2 Å². The molecular formula is C11H21NO4S. The first-order valence-electron chi connectivity index (χ1n) is 5.84. The van der Waals surface area contributed by atoms with E-state index < -0.39 is 18.1 Å². The molecule has 0 aliphatic carbocycles. The van der Waals surface area contributed by atoms with Crippen molar-refractivity contribution in [3.05, 3.63) is 0 Å². The van der Waals surface area contributed by atoms with Crippen molar-refractivity contribution in [1.29, 1.82) is 0 Å². The third-order valence-electron chi connectivity index (χ3n) is 2.39. The molecule has 0 rings (SSSR count). The number of hydrogen-bond acceptors (Lipinski definition) is 3. The molecule has 0 aromatic rings. The fourth-order valence-corrected chi connectivity index (χ4v) is 2.22. The van der Waals surface area contributed by atoms with Gasteiger partial charge in [0.15, 0.2) is 0 Å². The lowest BCUT2D eigenvalue weighted by Crippen LogP contribution is -2.46. The number of carboxylic acid groups (broad SMARTS) is 2. The van der Waals surface area contributed by atoms with Gasteiger partial charge in [0.2, 0.25) is 0 Å². The Labute approximate surface area is 106 Å². The number of hydrogen-bond donors (Lipinski definition) is 2. The van der Waals surface area contributed by atoms with Gasteiger partial charge < -0.3 is 10.2 Å². The van der Waals surface area contributed by atoms with Crippen molar-refractivity contribution < 1.29 is 19.8 Å². The van der Waals surface area contributed by atoms with E-state index in [1.165, 1.54) is 11.8 Å². The van der Waals surface area contributed by atoms with Crippen LogP contribution in [-0.4, -0.2) is 51.3 Å². The van der Waals surface area contributed by atoms with E-state index >= 15 is 0 Å². The van der Waals surface area contributed by atoms with E-state index in [1.54, 1.807) is 0 Å². The largest absolute Gasteiger partial charge is 0.480 e. The standard InChI is InChI=1S/C11H21NO4S/c1-3-5-6-7-12(11(15)16)9(10(13)14)8-17-4-2/h9H,3-8H2,1-2H3,(H,13,14)(H,15,16). The van der Waals surface area contributed by atoms with Gasteiger partial charge in [-0.15, -0.1) is 0 Å². The number of carbonyl (C=O) groups is 2. The normalized spacial score (nSPS) is 12.1. The lowest BCUT2D eigenvalue weighted by molar-refractivity contribution is -0.141. The number of unbranched alkanes of at least 4 members (excludes halogenated alkanes) is 2. The predicted molar refractivity (Wildman–Crippen MR) is 68.7 cm³/mol. The summed E-state index contributed by atoms with van der Waals surface area (Å²) < 4.78 is 0. The SMILES string of the molecule is CCCCCN(C(=O)O)C(CSCC)C(=O)O. The fraction of sp³-hybridized carbons (Fsp3) is 0.818. The summed E-state index contributed by atoms with van der Waals surface area (Å²) in [5, 5.41) is 18.1. The van der Waals surface area contributed by atoms with Crippen molar-refractivity contribution in [2.45, 2.75) is 39.2 Å². The van der Waals surface area contributed by atoms with Crippen LogP contribution in [0.5, 0.6) is 0 Å². The summed E-state index contributed by atoms with van der Waals surface area (Å²) in [7, 11) is 0. The Morgan fingerprint density at radius 2 is 1.88 bits per heavy atom. The molecule has 1 unspecified atom stereocenters. The zero-order valence-corrected chi connectivity index (χ0v) is 11.2. The van der Waals surface area contributed by atoms with Crippen molar-refractivity contribution in [3.8, 4) is 0 Å². The third-order valence-corrected chi connectivity index (χ3v) is 3.35. The van der Waals surface area contributed by atoms with Crippen LogP contribution < -0.4 is 0 Å². The Morgan fingerprint density at radius 1 is 1.24 bits per heavy atom. The maximum absolute atomic E-state index is 11.1. The molecule has 0 fully saturated rings. The molecule has 0 saturated carbocycles. The second-order valence-electron chi connectivity index (χ2n) is 3.70. The molecular weight excluding hydrogens is 242 g/mol. The first-order chi connectivity index (χ1) is 8.04. The molecule has 6 heteroatoms. The molecule has 0 aromatic carbocycles. The smallest absolute Gasteiger partial charge is 0.408 e. The van der Waals surface area contributed by atoms with Gasteiger partial charge in [0.25, 0.3) is 0 Å². The molecule has 0 spiro atoms. The molecule has 2 N–H and O–H groups in total. The summed E-state index contributed by atoms with van der Waals surface area (Å²) in [4.78, 5) is 23.2. The molecule has 0 heterocycles. The highest BCUT2D eigenvalue weighted by Gasteiger charge is 2.28. The topological polar surface area (TPSA) is 77.8 Å². The number of amides is 1. The van der Waals surface area contributed by atoms with Crippen LogP contribution >= 0.6 is 11.8 Å². The van der Waals surface area contributed by atoms with Gasteiger partial charge in [-0.05, 0) is 12.2 Å². The second-order valence-corrected chi connectivity index (χ2v) is 5.02. The Kier molecular flexibility index (Phi) is 8.66. The molecule has 1 atom stereocenters. The molecule has 0 bridgehead atoms. The zero-order chi connectivity index (χ0) is 13.3.